The average Bonchev–Trinajstić information content (AvgIpc) is 2.41. The molecule has 8 heteroatoms. The lowest BCUT2D eigenvalue weighted by Crippen LogP contribution is -2.43. The van der Waals surface area contributed by atoms with Gasteiger partial charge < -0.3 is 15.8 Å². The van der Waals surface area contributed by atoms with E-state index in [2.05, 4.69) is 5.32 Å². The van der Waals surface area contributed by atoms with Crippen LogP contribution in [0.5, 0.6) is 0 Å². The molecule has 0 aromatic heterocycles. The lowest BCUT2D eigenvalue weighted by molar-refractivity contribution is -0.127. The summed E-state index contributed by atoms with van der Waals surface area (Å²) in [6.07, 6.45) is -1.13. The van der Waals surface area contributed by atoms with Gasteiger partial charge in [-0.3, -0.25) is 10.1 Å². The number of nitrogens with two attached hydrogens (primary N) is 1. The smallest absolute Gasteiger partial charge is 0.338 e. The molecule has 1 aromatic rings. The zero-order valence-electron chi connectivity index (χ0n) is 10.9. The first-order chi connectivity index (χ1) is 9.35. The lowest BCUT2D eigenvalue weighted by atomic mass is 10.2. The van der Waals surface area contributed by atoms with E-state index in [1.54, 1.807) is 0 Å². The van der Waals surface area contributed by atoms with Crippen molar-refractivity contribution in [1.29, 1.82) is 0 Å². The van der Waals surface area contributed by atoms with Crippen molar-refractivity contribution < 1.29 is 19.1 Å². The van der Waals surface area contributed by atoms with E-state index in [1.165, 1.54) is 32.2 Å². The zero-order chi connectivity index (χ0) is 15.3. The number of benzene rings is 1. The Morgan fingerprint density at radius 1 is 1.35 bits per heavy atom. The molecular formula is C12H14ClN3O4. The molecule has 1 rings (SSSR count). The first kappa shape index (κ1) is 15.8. The van der Waals surface area contributed by atoms with Crippen molar-refractivity contribution in [1.82, 2.24) is 10.6 Å². The molecule has 0 radical (unpaired) electrons. The Morgan fingerprint density at radius 2 is 2.00 bits per heavy atom. The maximum Gasteiger partial charge on any atom is 0.338 e. The predicted molar refractivity (Wildman–Crippen MR) is 73.3 cm³/mol. The van der Waals surface area contributed by atoms with Gasteiger partial charge in [0.25, 0.3) is 5.91 Å². The minimum atomic E-state index is -1.13. The van der Waals surface area contributed by atoms with Gasteiger partial charge in [-0.25, -0.2) is 9.59 Å². The SMILES string of the molecule is CNC(=O)NC(=O)[C@H](C)OC(=O)c1ccc(Cl)c(N)c1. The number of carbonyl (C=O) groups is 3. The molecule has 0 unspecified atom stereocenters. The molecule has 4 N–H and O–H groups in total. The maximum atomic E-state index is 11.8. The number of hydrogen-bond donors (Lipinski definition) is 3. The first-order valence-corrected chi connectivity index (χ1v) is 6.01. The van der Waals surface area contributed by atoms with Gasteiger partial charge in [0.05, 0.1) is 16.3 Å². The molecule has 0 aliphatic rings. The molecule has 1 atom stereocenters. The summed E-state index contributed by atoms with van der Waals surface area (Å²) < 4.78 is 4.91. The number of ether oxygens (including phenoxy) is 1. The summed E-state index contributed by atoms with van der Waals surface area (Å²) >= 11 is 5.73. The van der Waals surface area contributed by atoms with E-state index in [4.69, 9.17) is 22.1 Å². The highest BCUT2D eigenvalue weighted by molar-refractivity contribution is 6.33. The van der Waals surface area contributed by atoms with Crippen LogP contribution in [-0.4, -0.2) is 31.1 Å². The van der Waals surface area contributed by atoms with Crippen LogP contribution in [-0.2, 0) is 9.53 Å². The largest absolute Gasteiger partial charge is 0.449 e. The van der Waals surface area contributed by atoms with Crippen molar-refractivity contribution in [2.45, 2.75) is 13.0 Å². The Bertz CT molecular complexity index is 548. The molecule has 0 heterocycles. The van der Waals surface area contributed by atoms with E-state index in [-0.39, 0.29) is 11.3 Å². The fraction of sp³-hybridized carbons (Fsp3) is 0.250. The quantitative estimate of drug-likeness (QED) is 0.568. The van der Waals surface area contributed by atoms with Crippen molar-refractivity contribution in [3.05, 3.63) is 28.8 Å². The fourth-order valence-corrected chi connectivity index (χ4v) is 1.35. The van der Waals surface area contributed by atoms with Crippen LogP contribution in [0.2, 0.25) is 5.02 Å². The molecule has 0 fully saturated rings. The maximum absolute atomic E-state index is 11.8. The van der Waals surface area contributed by atoms with Crippen LogP contribution in [0.1, 0.15) is 17.3 Å². The van der Waals surface area contributed by atoms with Gasteiger partial charge in [0.1, 0.15) is 0 Å². The number of hydrogen-bond acceptors (Lipinski definition) is 5. The summed E-state index contributed by atoms with van der Waals surface area (Å²) in [5.41, 5.74) is 5.95. The molecule has 7 nitrogen and oxygen atoms in total. The number of halogens is 1. The van der Waals surface area contributed by atoms with E-state index in [1.807, 2.05) is 5.32 Å². The summed E-state index contributed by atoms with van der Waals surface area (Å²) in [5.74, 6) is -1.48. The normalized spacial score (nSPS) is 11.3. The van der Waals surface area contributed by atoms with E-state index < -0.39 is 24.0 Å². The van der Waals surface area contributed by atoms with Crippen molar-refractivity contribution in [3.8, 4) is 0 Å². The third-order valence-corrected chi connectivity index (χ3v) is 2.69. The molecule has 0 saturated carbocycles. The molecule has 1 aromatic carbocycles. The Labute approximate surface area is 120 Å². The number of carbonyl (C=O) groups excluding carboxylic acids is 3. The molecule has 0 aliphatic carbocycles. The van der Waals surface area contributed by atoms with E-state index >= 15 is 0 Å². The van der Waals surface area contributed by atoms with Crippen LogP contribution in [0.25, 0.3) is 0 Å². The Hall–Kier alpha value is -2.28. The highest BCUT2D eigenvalue weighted by atomic mass is 35.5. The van der Waals surface area contributed by atoms with E-state index in [9.17, 15) is 14.4 Å². The van der Waals surface area contributed by atoms with E-state index in [0.29, 0.717) is 5.02 Å². The molecule has 108 valence electrons. The summed E-state index contributed by atoms with van der Waals surface area (Å²) in [6.45, 7) is 1.34. The fourth-order valence-electron chi connectivity index (χ4n) is 1.23. The molecule has 0 aliphatic heterocycles. The van der Waals surface area contributed by atoms with Crippen molar-refractivity contribution >= 4 is 35.2 Å². The molecule has 0 bridgehead atoms. The number of esters is 1. The van der Waals surface area contributed by atoms with E-state index in [0.717, 1.165) is 0 Å². The summed E-state index contributed by atoms with van der Waals surface area (Å²) in [5, 5.41) is 4.51. The van der Waals surface area contributed by atoms with Gasteiger partial charge in [0, 0.05) is 7.05 Å². The molecule has 0 saturated heterocycles. The van der Waals surface area contributed by atoms with Crippen molar-refractivity contribution in [2.75, 3.05) is 12.8 Å². The van der Waals surface area contributed by atoms with Crippen molar-refractivity contribution in [3.63, 3.8) is 0 Å². The van der Waals surface area contributed by atoms with Crippen molar-refractivity contribution in [2.24, 2.45) is 0 Å². The zero-order valence-corrected chi connectivity index (χ0v) is 11.7. The van der Waals surface area contributed by atoms with Gasteiger partial charge in [0.15, 0.2) is 6.10 Å². The second-order valence-electron chi connectivity index (χ2n) is 3.85. The first-order valence-electron chi connectivity index (χ1n) is 5.63. The van der Waals surface area contributed by atoms with Crippen LogP contribution >= 0.6 is 11.6 Å². The number of rotatable bonds is 3. The Balaban J connectivity index is 2.67. The number of nitrogen functional groups attached to an aromatic ring is 1. The predicted octanol–water partition coefficient (Wildman–Crippen LogP) is 0.923. The Kier molecular flexibility index (Phi) is 5.33. The molecular weight excluding hydrogens is 286 g/mol. The standard InChI is InChI=1S/C12H14ClN3O4/c1-6(10(17)16-12(19)15-2)20-11(18)7-3-4-8(13)9(14)5-7/h3-6H,14H2,1-2H3,(H2,15,16,17,19)/t6-/m0/s1. The minimum absolute atomic E-state index is 0.159. The number of amides is 3. The molecule has 0 spiro atoms. The number of nitrogens with one attached hydrogen (secondary N) is 2. The lowest BCUT2D eigenvalue weighted by Gasteiger charge is -2.13. The van der Waals surface area contributed by atoms with Gasteiger partial charge >= 0.3 is 12.0 Å². The second-order valence-corrected chi connectivity index (χ2v) is 4.26. The summed E-state index contributed by atoms with van der Waals surface area (Å²) in [4.78, 5) is 34.2. The van der Waals surface area contributed by atoms with Gasteiger partial charge in [0.2, 0.25) is 0 Å². The highest BCUT2D eigenvalue weighted by Gasteiger charge is 2.20. The van der Waals surface area contributed by atoms with Crippen LogP contribution in [0, 0.1) is 0 Å². The van der Waals surface area contributed by atoms with Crippen LogP contribution in [0.4, 0.5) is 10.5 Å². The van der Waals surface area contributed by atoms with Crippen LogP contribution < -0.4 is 16.4 Å². The number of anilines is 1. The summed E-state index contributed by atoms with van der Waals surface area (Å²) in [7, 11) is 1.36. The second kappa shape index (κ2) is 6.76. The van der Waals surface area contributed by atoms with Gasteiger partial charge in [-0.1, -0.05) is 11.6 Å². The third kappa shape index (κ3) is 4.13. The van der Waals surface area contributed by atoms with Gasteiger partial charge in [-0.15, -0.1) is 0 Å². The topological polar surface area (TPSA) is 111 Å². The average molecular weight is 300 g/mol. The third-order valence-electron chi connectivity index (χ3n) is 2.35. The number of imide groups is 1. The number of urea groups is 1. The Morgan fingerprint density at radius 3 is 2.55 bits per heavy atom. The van der Waals surface area contributed by atoms with Crippen LogP contribution in [0.3, 0.4) is 0 Å². The van der Waals surface area contributed by atoms with Gasteiger partial charge in [-0.05, 0) is 25.1 Å². The monoisotopic (exact) mass is 299 g/mol. The minimum Gasteiger partial charge on any atom is -0.449 e. The van der Waals surface area contributed by atoms with Crippen LogP contribution in [0.15, 0.2) is 18.2 Å². The highest BCUT2D eigenvalue weighted by Crippen LogP contribution is 2.20. The summed E-state index contributed by atoms with van der Waals surface area (Å²) in [6, 6.07) is 3.52. The van der Waals surface area contributed by atoms with Gasteiger partial charge in [-0.2, -0.15) is 0 Å². The molecule has 20 heavy (non-hydrogen) atoms. The molecule has 3 amide bonds.